The average Bonchev–Trinajstić information content (AvgIpc) is 3.11. The first-order chi connectivity index (χ1) is 20.1. The molecule has 2 aromatic rings. The molecule has 0 aromatic heterocycles. The molecule has 0 aliphatic carbocycles. The summed E-state index contributed by atoms with van der Waals surface area (Å²) >= 11 is 0. The fourth-order valence-electron chi connectivity index (χ4n) is 6.06. The first-order valence-corrected chi connectivity index (χ1v) is 14.1. The second kappa shape index (κ2) is 12.1. The topological polar surface area (TPSA) is 90.0 Å². The average molecular weight is 605 g/mol. The molecule has 1 spiro atoms. The van der Waals surface area contributed by atoms with E-state index in [1.807, 2.05) is 43.3 Å². The van der Waals surface area contributed by atoms with Crippen LogP contribution in [-0.4, -0.2) is 78.6 Å². The van der Waals surface area contributed by atoms with Crippen LogP contribution in [0.15, 0.2) is 42.5 Å². The first-order valence-electron chi connectivity index (χ1n) is 14.1. The summed E-state index contributed by atoms with van der Waals surface area (Å²) in [5.74, 6) is -4.58. The van der Waals surface area contributed by atoms with Gasteiger partial charge in [-0.05, 0) is 62.2 Å². The van der Waals surface area contributed by atoms with Crippen molar-refractivity contribution in [1.82, 2.24) is 20.0 Å². The zero-order chi connectivity index (χ0) is 31.9. The number of imide groups is 1. The van der Waals surface area contributed by atoms with Gasteiger partial charge in [-0.1, -0.05) is 38.1 Å². The summed E-state index contributed by atoms with van der Waals surface area (Å²) in [5.41, 5.74) is -1.26. The van der Waals surface area contributed by atoms with Crippen molar-refractivity contribution >= 4 is 23.6 Å². The Labute approximate surface area is 248 Å². The third-order valence-corrected chi connectivity index (χ3v) is 8.40. The van der Waals surface area contributed by atoms with Crippen molar-refractivity contribution in [3.8, 4) is 0 Å². The highest BCUT2D eigenvalue weighted by molar-refractivity contribution is 6.10. The number of likely N-dealkylation sites (N-methyl/N-ethyl adjacent to an activating group) is 1. The van der Waals surface area contributed by atoms with Gasteiger partial charge in [0.05, 0.1) is 22.5 Å². The van der Waals surface area contributed by atoms with Gasteiger partial charge in [0.1, 0.15) is 11.9 Å². The number of hydrogen-bond donors (Lipinski definition) is 1. The number of piperidine rings is 1. The molecule has 43 heavy (non-hydrogen) atoms. The summed E-state index contributed by atoms with van der Waals surface area (Å²) in [6.45, 7) is 4.27. The molecule has 1 N–H and O–H groups in total. The first kappa shape index (κ1) is 32.1. The van der Waals surface area contributed by atoms with Gasteiger partial charge in [0.2, 0.25) is 17.7 Å². The lowest BCUT2D eigenvalue weighted by Gasteiger charge is -2.41. The van der Waals surface area contributed by atoms with Gasteiger partial charge in [-0.3, -0.25) is 24.1 Å². The molecule has 4 rings (SSSR count). The molecule has 8 nitrogen and oxygen atoms in total. The van der Waals surface area contributed by atoms with E-state index in [1.165, 1.54) is 11.9 Å². The Balaban J connectivity index is 1.52. The highest BCUT2D eigenvalue weighted by Crippen LogP contribution is 2.51. The standard InChI is InChI=1S/C31H36F4N4O4/c1-18(2)25(36-26(40)22-16-21(31(33,34)35)10-11-23(22)32)28(42)39-14-12-30(13-15-39)24(27(41)38(5)29(30)43)20-8-6-19(7-9-20)17-37(3)4/h6-11,16,18,24-25H,12-15,17H2,1-5H3,(H,36,40)/t24?,25-/m1/s1. The highest BCUT2D eigenvalue weighted by atomic mass is 19.4. The lowest BCUT2D eigenvalue weighted by molar-refractivity contribution is -0.144. The van der Waals surface area contributed by atoms with Gasteiger partial charge in [0.15, 0.2) is 0 Å². The molecule has 4 amide bonds. The van der Waals surface area contributed by atoms with Crippen LogP contribution in [0.1, 0.15) is 59.7 Å². The number of benzene rings is 2. The Kier molecular flexibility index (Phi) is 9.01. The van der Waals surface area contributed by atoms with Gasteiger partial charge in [-0.25, -0.2) is 4.39 Å². The second-order valence-corrected chi connectivity index (χ2v) is 12.0. The Morgan fingerprint density at radius 2 is 1.65 bits per heavy atom. The largest absolute Gasteiger partial charge is 0.416 e. The van der Waals surface area contributed by atoms with E-state index >= 15 is 0 Å². The van der Waals surface area contributed by atoms with Crippen LogP contribution in [-0.2, 0) is 27.1 Å². The Morgan fingerprint density at radius 1 is 1.05 bits per heavy atom. The molecular formula is C31H36F4N4O4. The van der Waals surface area contributed by atoms with E-state index in [2.05, 4.69) is 5.32 Å². The number of rotatable bonds is 7. The molecule has 2 saturated heterocycles. The van der Waals surface area contributed by atoms with Crippen molar-refractivity contribution in [2.24, 2.45) is 11.3 Å². The SMILES string of the molecule is CC(C)[C@@H](NC(=O)c1cc(C(F)(F)F)ccc1F)C(=O)N1CCC2(CC1)C(=O)N(C)C(=O)C2c1ccc(CN(C)C)cc1. The summed E-state index contributed by atoms with van der Waals surface area (Å²) in [5, 5.41) is 2.42. The van der Waals surface area contributed by atoms with Gasteiger partial charge in [0, 0.05) is 26.7 Å². The number of amides is 4. The van der Waals surface area contributed by atoms with E-state index in [9.17, 15) is 36.7 Å². The van der Waals surface area contributed by atoms with Crippen LogP contribution in [0.3, 0.4) is 0 Å². The highest BCUT2D eigenvalue weighted by Gasteiger charge is 2.59. The summed E-state index contributed by atoms with van der Waals surface area (Å²) in [6, 6.07) is 7.97. The third-order valence-electron chi connectivity index (χ3n) is 8.40. The number of hydrogen-bond acceptors (Lipinski definition) is 5. The molecule has 2 aromatic carbocycles. The van der Waals surface area contributed by atoms with E-state index in [4.69, 9.17) is 0 Å². The van der Waals surface area contributed by atoms with Crippen LogP contribution in [0.4, 0.5) is 17.6 Å². The Bertz CT molecular complexity index is 1400. The van der Waals surface area contributed by atoms with Crippen LogP contribution < -0.4 is 5.32 Å². The van der Waals surface area contributed by atoms with Gasteiger partial charge >= 0.3 is 6.18 Å². The molecule has 2 atom stereocenters. The monoisotopic (exact) mass is 604 g/mol. The molecule has 2 aliphatic rings. The maximum atomic E-state index is 14.3. The second-order valence-electron chi connectivity index (χ2n) is 12.0. The normalized spacial score (nSPS) is 19.5. The van der Waals surface area contributed by atoms with Crippen molar-refractivity contribution in [3.05, 3.63) is 70.5 Å². The lowest BCUT2D eigenvalue weighted by Crippen LogP contribution is -2.55. The number of likely N-dealkylation sites (tertiary alicyclic amines) is 2. The Hall–Kier alpha value is -3.80. The van der Waals surface area contributed by atoms with Crippen molar-refractivity contribution < 1.29 is 36.7 Å². The quantitative estimate of drug-likeness (QED) is 0.381. The van der Waals surface area contributed by atoms with Gasteiger partial charge in [-0.2, -0.15) is 13.2 Å². The van der Waals surface area contributed by atoms with Crippen LogP contribution >= 0.6 is 0 Å². The van der Waals surface area contributed by atoms with E-state index in [-0.39, 0.29) is 37.7 Å². The summed E-state index contributed by atoms with van der Waals surface area (Å²) in [6.07, 6.45) is -4.36. The number of halogens is 4. The molecule has 232 valence electrons. The molecular weight excluding hydrogens is 568 g/mol. The number of carbonyl (C=O) groups is 4. The minimum absolute atomic E-state index is 0.123. The van der Waals surface area contributed by atoms with E-state index in [1.54, 1.807) is 13.8 Å². The lowest BCUT2D eigenvalue weighted by atomic mass is 9.67. The van der Waals surface area contributed by atoms with Crippen LogP contribution in [0.2, 0.25) is 0 Å². The number of nitrogens with zero attached hydrogens (tertiary/aromatic N) is 3. The predicted molar refractivity (Wildman–Crippen MR) is 150 cm³/mol. The zero-order valence-corrected chi connectivity index (χ0v) is 24.8. The molecule has 12 heteroatoms. The van der Waals surface area contributed by atoms with Gasteiger partial charge in [-0.15, -0.1) is 0 Å². The van der Waals surface area contributed by atoms with E-state index < -0.39 is 58.2 Å². The number of alkyl halides is 3. The van der Waals surface area contributed by atoms with Crippen LogP contribution in [0.25, 0.3) is 0 Å². The Morgan fingerprint density at radius 3 is 2.19 bits per heavy atom. The minimum atomic E-state index is -4.78. The van der Waals surface area contributed by atoms with Crippen molar-refractivity contribution in [2.45, 2.75) is 51.4 Å². The number of nitrogens with one attached hydrogen (secondary N) is 1. The smallest absolute Gasteiger partial charge is 0.341 e. The summed E-state index contributed by atoms with van der Waals surface area (Å²) in [7, 11) is 5.36. The molecule has 0 radical (unpaired) electrons. The van der Waals surface area contributed by atoms with Crippen LogP contribution in [0.5, 0.6) is 0 Å². The third kappa shape index (κ3) is 6.29. The molecule has 1 unspecified atom stereocenters. The molecule has 0 saturated carbocycles. The van der Waals surface area contributed by atoms with Crippen molar-refractivity contribution in [3.63, 3.8) is 0 Å². The van der Waals surface area contributed by atoms with Gasteiger partial charge in [0.25, 0.3) is 5.91 Å². The van der Waals surface area contributed by atoms with E-state index in [0.717, 1.165) is 16.0 Å². The molecule has 2 heterocycles. The summed E-state index contributed by atoms with van der Waals surface area (Å²) in [4.78, 5) is 57.9. The summed E-state index contributed by atoms with van der Waals surface area (Å²) < 4.78 is 53.8. The maximum Gasteiger partial charge on any atom is 0.416 e. The molecule has 0 bridgehead atoms. The van der Waals surface area contributed by atoms with Gasteiger partial charge < -0.3 is 15.1 Å². The minimum Gasteiger partial charge on any atom is -0.341 e. The predicted octanol–water partition coefficient (Wildman–Crippen LogP) is 4.05. The fraction of sp³-hybridized carbons (Fsp3) is 0.484. The van der Waals surface area contributed by atoms with Crippen molar-refractivity contribution in [2.75, 3.05) is 34.2 Å². The molecule has 2 aliphatic heterocycles. The number of carbonyl (C=O) groups excluding carboxylic acids is 4. The zero-order valence-electron chi connectivity index (χ0n) is 24.8. The maximum absolute atomic E-state index is 14.3. The van der Waals surface area contributed by atoms with Crippen molar-refractivity contribution in [1.29, 1.82) is 0 Å². The fourth-order valence-corrected chi connectivity index (χ4v) is 6.06. The molecule has 2 fully saturated rings. The van der Waals surface area contributed by atoms with E-state index in [0.29, 0.717) is 24.7 Å². The van der Waals surface area contributed by atoms with Crippen LogP contribution in [0, 0.1) is 17.2 Å².